The number of amides is 1. The van der Waals surface area contributed by atoms with Crippen LogP contribution in [0, 0.1) is 12.8 Å². The fourth-order valence-electron chi connectivity index (χ4n) is 1.37. The number of nitrogens with zero attached hydrogens (tertiary/aromatic N) is 1. The summed E-state index contributed by atoms with van der Waals surface area (Å²) in [6.45, 7) is 6.19. The Labute approximate surface area is 88.3 Å². The Kier molecular flexibility index (Phi) is 3.63. The van der Waals surface area contributed by atoms with Gasteiger partial charge in [0.05, 0.1) is 5.01 Å². The molecule has 4 heteroatoms. The van der Waals surface area contributed by atoms with E-state index in [1.165, 1.54) is 4.88 Å². The van der Waals surface area contributed by atoms with E-state index >= 15 is 0 Å². The molecule has 0 aliphatic carbocycles. The first-order valence-corrected chi connectivity index (χ1v) is 5.53. The van der Waals surface area contributed by atoms with E-state index in [0.29, 0.717) is 12.3 Å². The number of hydrogen-bond acceptors (Lipinski definition) is 3. The van der Waals surface area contributed by atoms with Crippen molar-refractivity contribution in [2.24, 2.45) is 11.7 Å². The van der Waals surface area contributed by atoms with Crippen LogP contribution in [-0.4, -0.2) is 10.9 Å². The molecule has 1 aromatic heterocycles. The highest BCUT2D eigenvalue weighted by Crippen LogP contribution is 2.30. The number of thiazole rings is 1. The lowest BCUT2D eigenvalue weighted by Crippen LogP contribution is -2.18. The van der Waals surface area contributed by atoms with Gasteiger partial charge < -0.3 is 5.73 Å². The summed E-state index contributed by atoms with van der Waals surface area (Å²) in [6, 6.07) is 0. The van der Waals surface area contributed by atoms with E-state index in [1.807, 2.05) is 13.1 Å². The second-order valence-electron chi connectivity index (χ2n) is 3.83. The number of carbonyl (C=O) groups is 1. The molecule has 1 unspecified atom stereocenters. The zero-order chi connectivity index (χ0) is 10.7. The number of aromatic nitrogens is 1. The number of nitrogens with two attached hydrogens (primary N) is 1. The largest absolute Gasteiger partial charge is 0.370 e. The van der Waals surface area contributed by atoms with Crippen LogP contribution in [0.3, 0.4) is 0 Å². The van der Waals surface area contributed by atoms with Gasteiger partial charge in [-0.15, -0.1) is 11.3 Å². The molecule has 1 atom stereocenters. The SMILES string of the molecule is Cc1cnc(C(CC(N)=O)C(C)C)s1. The molecule has 0 aromatic carbocycles. The van der Waals surface area contributed by atoms with Crippen molar-refractivity contribution in [2.45, 2.75) is 33.1 Å². The minimum absolute atomic E-state index is 0.172. The average molecular weight is 212 g/mol. The van der Waals surface area contributed by atoms with Crippen LogP contribution in [0.4, 0.5) is 0 Å². The average Bonchev–Trinajstić information content (AvgIpc) is 2.46. The van der Waals surface area contributed by atoms with Gasteiger partial charge in [0.2, 0.25) is 5.91 Å². The molecule has 1 amide bonds. The Hall–Kier alpha value is -0.900. The number of aryl methyl sites for hydroxylation is 1. The van der Waals surface area contributed by atoms with Crippen LogP contribution < -0.4 is 5.73 Å². The van der Waals surface area contributed by atoms with Gasteiger partial charge in [-0.2, -0.15) is 0 Å². The molecule has 0 saturated heterocycles. The van der Waals surface area contributed by atoms with E-state index in [1.54, 1.807) is 11.3 Å². The standard InChI is InChI=1S/C10H16N2OS/c1-6(2)8(4-9(11)13)10-12-5-7(3)14-10/h5-6,8H,4H2,1-3H3,(H2,11,13). The van der Waals surface area contributed by atoms with Gasteiger partial charge in [0, 0.05) is 23.4 Å². The predicted octanol–water partition coefficient (Wildman–Crippen LogP) is 2.07. The Morgan fingerprint density at radius 2 is 2.29 bits per heavy atom. The van der Waals surface area contributed by atoms with Crippen LogP contribution in [0.1, 0.15) is 36.1 Å². The summed E-state index contributed by atoms with van der Waals surface area (Å²) in [6.07, 6.45) is 2.24. The van der Waals surface area contributed by atoms with Crippen LogP contribution >= 0.6 is 11.3 Å². The summed E-state index contributed by atoms with van der Waals surface area (Å²) in [7, 11) is 0. The first-order valence-electron chi connectivity index (χ1n) is 4.71. The van der Waals surface area contributed by atoms with Crippen molar-refractivity contribution in [3.8, 4) is 0 Å². The topological polar surface area (TPSA) is 56.0 Å². The highest BCUT2D eigenvalue weighted by atomic mass is 32.1. The van der Waals surface area contributed by atoms with E-state index in [9.17, 15) is 4.79 Å². The molecule has 0 aliphatic heterocycles. The third kappa shape index (κ3) is 2.80. The molecule has 0 saturated carbocycles. The molecule has 2 N–H and O–H groups in total. The minimum Gasteiger partial charge on any atom is -0.370 e. The van der Waals surface area contributed by atoms with Crippen LogP contribution in [-0.2, 0) is 4.79 Å². The zero-order valence-electron chi connectivity index (χ0n) is 8.78. The second kappa shape index (κ2) is 4.55. The van der Waals surface area contributed by atoms with Crippen molar-refractivity contribution < 1.29 is 4.79 Å². The molecule has 1 heterocycles. The number of carbonyl (C=O) groups excluding carboxylic acids is 1. The van der Waals surface area contributed by atoms with Crippen molar-refractivity contribution in [3.63, 3.8) is 0 Å². The lowest BCUT2D eigenvalue weighted by Gasteiger charge is -2.16. The third-order valence-corrected chi connectivity index (χ3v) is 3.23. The highest BCUT2D eigenvalue weighted by molar-refractivity contribution is 7.11. The van der Waals surface area contributed by atoms with Crippen LogP contribution in [0.15, 0.2) is 6.20 Å². The first kappa shape index (κ1) is 11.2. The summed E-state index contributed by atoms with van der Waals surface area (Å²) in [5.74, 6) is 0.316. The first-order chi connectivity index (χ1) is 6.50. The third-order valence-electron chi connectivity index (χ3n) is 2.18. The lowest BCUT2D eigenvalue weighted by atomic mass is 9.93. The Morgan fingerprint density at radius 3 is 2.64 bits per heavy atom. The van der Waals surface area contributed by atoms with Gasteiger partial charge >= 0.3 is 0 Å². The van der Waals surface area contributed by atoms with Gasteiger partial charge in [0.15, 0.2) is 0 Å². The van der Waals surface area contributed by atoms with Gasteiger partial charge in [-0.3, -0.25) is 4.79 Å². The molecular weight excluding hydrogens is 196 g/mol. The lowest BCUT2D eigenvalue weighted by molar-refractivity contribution is -0.118. The molecule has 0 spiro atoms. The van der Waals surface area contributed by atoms with E-state index in [-0.39, 0.29) is 11.8 Å². The number of primary amides is 1. The molecule has 0 bridgehead atoms. The van der Waals surface area contributed by atoms with Gasteiger partial charge in [-0.1, -0.05) is 13.8 Å². The van der Waals surface area contributed by atoms with Crippen LogP contribution in [0.25, 0.3) is 0 Å². The molecule has 0 radical (unpaired) electrons. The maximum atomic E-state index is 10.9. The molecule has 14 heavy (non-hydrogen) atoms. The summed E-state index contributed by atoms with van der Waals surface area (Å²) in [5, 5.41) is 1.02. The predicted molar refractivity (Wildman–Crippen MR) is 58.2 cm³/mol. The van der Waals surface area contributed by atoms with E-state index in [0.717, 1.165) is 5.01 Å². The van der Waals surface area contributed by atoms with Crippen molar-refractivity contribution in [1.29, 1.82) is 0 Å². The minimum atomic E-state index is -0.253. The normalized spacial score (nSPS) is 13.1. The molecule has 1 aromatic rings. The molecule has 3 nitrogen and oxygen atoms in total. The fraction of sp³-hybridized carbons (Fsp3) is 0.600. The Bertz CT molecular complexity index is 320. The van der Waals surface area contributed by atoms with Gasteiger partial charge in [0.25, 0.3) is 0 Å². The summed E-state index contributed by atoms with van der Waals surface area (Å²) >= 11 is 1.65. The molecule has 1 rings (SSSR count). The van der Waals surface area contributed by atoms with Crippen LogP contribution in [0.5, 0.6) is 0 Å². The van der Waals surface area contributed by atoms with E-state index < -0.39 is 0 Å². The summed E-state index contributed by atoms with van der Waals surface area (Å²) < 4.78 is 0. The quantitative estimate of drug-likeness (QED) is 0.830. The monoisotopic (exact) mass is 212 g/mol. The number of rotatable bonds is 4. The Morgan fingerprint density at radius 1 is 1.64 bits per heavy atom. The van der Waals surface area contributed by atoms with Crippen LogP contribution in [0.2, 0.25) is 0 Å². The van der Waals surface area contributed by atoms with Crippen molar-refractivity contribution in [2.75, 3.05) is 0 Å². The highest BCUT2D eigenvalue weighted by Gasteiger charge is 2.20. The maximum absolute atomic E-state index is 10.9. The second-order valence-corrected chi connectivity index (χ2v) is 5.10. The number of hydrogen-bond donors (Lipinski definition) is 1. The van der Waals surface area contributed by atoms with E-state index in [4.69, 9.17) is 5.73 Å². The summed E-state index contributed by atoms with van der Waals surface area (Å²) in [4.78, 5) is 16.4. The van der Waals surface area contributed by atoms with E-state index in [2.05, 4.69) is 18.8 Å². The molecule has 0 fully saturated rings. The maximum Gasteiger partial charge on any atom is 0.218 e. The zero-order valence-corrected chi connectivity index (χ0v) is 9.60. The smallest absolute Gasteiger partial charge is 0.218 e. The molecular formula is C10H16N2OS. The molecule has 0 aliphatic rings. The Balaban J connectivity index is 2.82. The van der Waals surface area contributed by atoms with Gasteiger partial charge in [-0.25, -0.2) is 4.98 Å². The van der Waals surface area contributed by atoms with Crippen molar-refractivity contribution in [3.05, 3.63) is 16.1 Å². The van der Waals surface area contributed by atoms with Gasteiger partial charge in [0.1, 0.15) is 0 Å². The van der Waals surface area contributed by atoms with Gasteiger partial charge in [-0.05, 0) is 12.8 Å². The van der Waals surface area contributed by atoms with Crippen molar-refractivity contribution >= 4 is 17.2 Å². The fourth-order valence-corrected chi connectivity index (χ4v) is 2.42. The molecule has 78 valence electrons. The summed E-state index contributed by atoms with van der Waals surface area (Å²) in [5.41, 5.74) is 5.21. The van der Waals surface area contributed by atoms with Crippen molar-refractivity contribution in [1.82, 2.24) is 4.98 Å².